The molecule has 1 nitrogen and oxygen atoms in total. The first-order valence-electron chi connectivity index (χ1n) is 4.95. The van der Waals surface area contributed by atoms with Crippen LogP contribution < -0.4 is 5.73 Å². The Balaban J connectivity index is 1.99. The molecule has 2 N–H and O–H groups in total. The second kappa shape index (κ2) is 2.48. The second-order valence-electron chi connectivity index (χ2n) is 4.62. The lowest BCUT2D eigenvalue weighted by atomic mass is 9.52. The summed E-state index contributed by atoms with van der Waals surface area (Å²) in [7, 11) is 0. The fraction of sp³-hybridized carbons (Fsp3) is 1.00. The highest BCUT2D eigenvalue weighted by Gasteiger charge is 2.46. The van der Waals surface area contributed by atoms with Gasteiger partial charge in [0.15, 0.2) is 0 Å². The van der Waals surface area contributed by atoms with Crippen LogP contribution in [0.5, 0.6) is 0 Å². The molecule has 0 aliphatic heterocycles. The molecule has 2 saturated carbocycles. The number of rotatable bonds is 0. The van der Waals surface area contributed by atoms with Gasteiger partial charge >= 0.3 is 0 Å². The van der Waals surface area contributed by atoms with Gasteiger partial charge in [0.2, 0.25) is 0 Å². The molecule has 4 unspecified atom stereocenters. The Morgan fingerprint density at radius 3 is 2.36 bits per heavy atom. The van der Waals surface area contributed by atoms with Crippen LogP contribution >= 0.6 is 0 Å². The molecule has 0 radical (unpaired) electrons. The Bertz CT molecular complexity index is 155. The lowest BCUT2D eigenvalue weighted by Crippen LogP contribution is -2.49. The zero-order chi connectivity index (χ0) is 8.01. The van der Waals surface area contributed by atoms with E-state index >= 15 is 0 Å². The molecule has 0 bridgehead atoms. The summed E-state index contributed by atoms with van der Waals surface area (Å²) in [5, 5.41) is 0. The van der Waals surface area contributed by atoms with E-state index in [2.05, 4.69) is 13.8 Å². The van der Waals surface area contributed by atoms with E-state index in [0.717, 1.165) is 23.7 Å². The molecule has 64 valence electrons. The molecule has 5 atom stereocenters. The van der Waals surface area contributed by atoms with Crippen LogP contribution in [0, 0.1) is 23.7 Å². The third kappa shape index (κ3) is 1.01. The first kappa shape index (κ1) is 7.60. The topological polar surface area (TPSA) is 26.0 Å². The average Bonchev–Trinajstić information content (AvgIpc) is 2.03. The number of hydrogen-bond donors (Lipinski definition) is 1. The molecule has 1 heteroatoms. The van der Waals surface area contributed by atoms with Crippen molar-refractivity contribution in [2.24, 2.45) is 29.4 Å². The van der Waals surface area contributed by atoms with Gasteiger partial charge in [0.05, 0.1) is 0 Å². The van der Waals surface area contributed by atoms with Crippen LogP contribution in [0.2, 0.25) is 0 Å². The molecule has 0 aromatic rings. The zero-order valence-corrected chi connectivity index (χ0v) is 7.59. The van der Waals surface area contributed by atoms with Gasteiger partial charge in [-0.05, 0) is 42.9 Å². The van der Waals surface area contributed by atoms with E-state index < -0.39 is 0 Å². The van der Waals surface area contributed by atoms with Crippen LogP contribution in [0.4, 0.5) is 0 Å². The third-order valence-electron chi connectivity index (χ3n) is 4.18. The molecule has 2 rings (SSSR count). The number of fused-ring (bicyclic) bond motifs is 1. The van der Waals surface area contributed by atoms with Crippen molar-refractivity contribution in [2.75, 3.05) is 0 Å². The highest BCUT2D eigenvalue weighted by Crippen LogP contribution is 2.52. The summed E-state index contributed by atoms with van der Waals surface area (Å²) in [5.41, 5.74) is 5.93. The molecular formula is C10H19N. The first-order chi connectivity index (χ1) is 5.20. The van der Waals surface area contributed by atoms with Gasteiger partial charge in [0.25, 0.3) is 0 Å². The SMILES string of the molecule is CC1C2CCC(N)CC2[C@H]1C. The van der Waals surface area contributed by atoms with Crippen molar-refractivity contribution in [3.05, 3.63) is 0 Å². The molecule has 2 aliphatic rings. The lowest BCUT2D eigenvalue weighted by Gasteiger charge is -2.53. The van der Waals surface area contributed by atoms with Crippen molar-refractivity contribution < 1.29 is 0 Å². The highest BCUT2D eigenvalue weighted by atomic mass is 14.7. The van der Waals surface area contributed by atoms with Crippen LogP contribution in [0.3, 0.4) is 0 Å². The normalized spacial score (nSPS) is 56.5. The maximum Gasteiger partial charge on any atom is 0.00417 e. The fourth-order valence-electron chi connectivity index (χ4n) is 3.15. The van der Waals surface area contributed by atoms with Gasteiger partial charge in [-0.1, -0.05) is 13.8 Å². The lowest BCUT2D eigenvalue weighted by molar-refractivity contribution is -0.0363. The first-order valence-corrected chi connectivity index (χ1v) is 4.95. The fourth-order valence-corrected chi connectivity index (χ4v) is 3.15. The molecule has 0 spiro atoms. The molecule has 0 aromatic carbocycles. The van der Waals surface area contributed by atoms with Crippen LogP contribution in [0.15, 0.2) is 0 Å². The Morgan fingerprint density at radius 2 is 1.64 bits per heavy atom. The molecule has 0 amide bonds. The van der Waals surface area contributed by atoms with Gasteiger partial charge < -0.3 is 5.73 Å². The largest absolute Gasteiger partial charge is 0.328 e. The maximum absolute atomic E-state index is 5.93. The maximum atomic E-state index is 5.93. The minimum absolute atomic E-state index is 0.520. The highest BCUT2D eigenvalue weighted by molar-refractivity contribution is 4.97. The summed E-state index contributed by atoms with van der Waals surface area (Å²) in [5.74, 6) is 3.94. The van der Waals surface area contributed by atoms with E-state index in [1.54, 1.807) is 0 Å². The standard InChI is InChI=1S/C10H19N/c1-6-7(2)10-5-8(11)3-4-9(6)10/h6-10H,3-5,11H2,1-2H3/t6?,7-,8?,9?,10?/m0/s1. The zero-order valence-electron chi connectivity index (χ0n) is 7.59. The second-order valence-corrected chi connectivity index (χ2v) is 4.62. The van der Waals surface area contributed by atoms with Gasteiger partial charge in [0.1, 0.15) is 0 Å². The summed E-state index contributed by atoms with van der Waals surface area (Å²) in [6.45, 7) is 4.80. The summed E-state index contributed by atoms with van der Waals surface area (Å²) >= 11 is 0. The van der Waals surface area contributed by atoms with Crippen LogP contribution in [0.1, 0.15) is 33.1 Å². The Morgan fingerprint density at radius 1 is 1.00 bits per heavy atom. The summed E-state index contributed by atoms with van der Waals surface area (Å²) in [6.07, 6.45) is 3.98. The number of hydrogen-bond acceptors (Lipinski definition) is 1. The van der Waals surface area contributed by atoms with Gasteiger partial charge in [-0.3, -0.25) is 0 Å². The van der Waals surface area contributed by atoms with Crippen molar-refractivity contribution in [3.8, 4) is 0 Å². The minimum Gasteiger partial charge on any atom is -0.328 e. The van der Waals surface area contributed by atoms with Crippen LogP contribution in [0.25, 0.3) is 0 Å². The molecule has 2 aliphatic carbocycles. The van der Waals surface area contributed by atoms with E-state index in [1.807, 2.05) is 0 Å². The van der Waals surface area contributed by atoms with E-state index in [4.69, 9.17) is 5.73 Å². The van der Waals surface area contributed by atoms with E-state index in [1.165, 1.54) is 19.3 Å². The van der Waals surface area contributed by atoms with Crippen molar-refractivity contribution >= 4 is 0 Å². The molecule has 0 aromatic heterocycles. The quantitative estimate of drug-likeness (QED) is 0.566. The molecule has 2 fully saturated rings. The van der Waals surface area contributed by atoms with Gasteiger partial charge in [-0.2, -0.15) is 0 Å². The monoisotopic (exact) mass is 153 g/mol. The number of nitrogens with two attached hydrogens (primary N) is 1. The van der Waals surface area contributed by atoms with E-state index in [9.17, 15) is 0 Å². The van der Waals surface area contributed by atoms with Crippen molar-refractivity contribution in [2.45, 2.75) is 39.2 Å². The van der Waals surface area contributed by atoms with E-state index in [0.29, 0.717) is 6.04 Å². The van der Waals surface area contributed by atoms with Crippen molar-refractivity contribution in [1.82, 2.24) is 0 Å². The Hall–Kier alpha value is -0.0400. The van der Waals surface area contributed by atoms with Crippen molar-refractivity contribution in [3.63, 3.8) is 0 Å². The summed E-state index contributed by atoms with van der Waals surface area (Å²) < 4.78 is 0. The van der Waals surface area contributed by atoms with Crippen LogP contribution in [-0.4, -0.2) is 6.04 Å². The van der Waals surface area contributed by atoms with Crippen molar-refractivity contribution in [1.29, 1.82) is 0 Å². The third-order valence-corrected chi connectivity index (χ3v) is 4.18. The molecule has 0 heterocycles. The Labute approximate surface area is 69.4 Å². The summed E-state index contributed by atoms with van der Waals surface area (Å²) in [4.78, 5) is 0. The minimum atomic E-state index is 0.520. The smallest absolute Gasteiger partial charge is 0.00417 e. The molecule has 0 saturated heterocycles. The summed E-state index contributed by atoms with van der Waals surface area (Å²) in [6, 6.07) is 0.520. The van der Waals surface area contributed by atoms with Crippen LogP contribution in [-0.2, 0) is 0 Å². The Kier molecular flexibility index (Phi) is 1.71. The average molecular weight is 153 g/mol. The van der Waals surface area contributed by atoms with E-state index in [-0.39, 0.29) is 0 Å². The predicted molar refractivity (Wildman–Crippen MR) is 47.1 cm³/mol. The molecular weight excluding hydrogens is 134 g/mol. The van der Waals surface area contributed by atoms with Gasteiger partial charge in [-0.15, -0.1) is 0 Å². The van der Waals surface area contributed by atoms with Gasteiger partial charge in [0, 0.05) is 6.04 Å². The molecule has 11 heavy (non-hydrogen) atoms. The van der Waals surface area contributed by atoms with Gasteiger partial charge in [-0.25, -0.2) is 0 Å². The predicted octanol–water partition coefficient (Wildman–Crippen LogP) is 2.02.